The number of halogens is 2. The molecule has 0 bridgehead atoms. The fraction of sp³-hybridized carbons (Fsp3) is 0.0833. The van der Waals surface area contributed by atoms with Gasteiger partial charge in [-0.25, -0.2) is 17.8 Å². The Kier molecular flexibility index (Phi) is 4.16. The minimum absolute atomic E-state index is 0.207. The number of nitrogens with one attached hydrogen (secondary N) is 1. The maximum atomic E-state index is 13.0. The van der Waals surface area contributed by atoms with Gasteiger partial charge in [0.15, 0.2) is 5.82 Å². The predicted octanol–water partition coefficient (Wildman–Crippen LogP) is 2.93. The van der Waals surface area contributed by atoms with Crippen LogP contribution in [-0.2, 0) is 15.8 Å². The van der Waals surface area contributed by atoms with Crippen molar-refractivity contribution in [3.63, 3.8) is 0 Å². The van der Waals surface area contributed by atoms with Gasteiger partial charge in [0.25, 0.3) is 0 Å². The topological polar surface area (TPSA) is 59.1 Å². The molecule has 1 aromatic carbocycles. The number of anilines is 1. The van der Waals surface area contributed by atoms with E-state index in [1.807, 2.05) is 0 Å². The van der Waals surface area contributed by atoms with Crippen LogP contribution in [0.2, 0.25) is 0 Å². The van der Waals surface area contributed by atoms with E-state index in [4.69, 9.17) is 0 Å². The summed E-state index contributed by atoms with van der Waals surface area (Å²) in [5.74, 6) is -0.570. The molecule has 2 aromatic rings. The second kappa shape index (κ2) is 5.66. The highest BCUT2D eigenvalue weighted by atomic mass is 79.9. The molecule has 0 spiro atoms. The molecule has 100 valence electrons. The molecule has 0 fully saturated rings. The maximum absolute atomic E-state index is 13.0. The van der Waals surface area contributed by atoms with Crippen LogP contribution in [0.15, 0.2) is 47.1 Å². The lowest BCUT2D eigenvalue weighted by Crippen LogP contribution is -2.16. The Hall–Kier alpha value is -1.47. The van der Waals surface area contributed by atoms with Crippen LogP contribution in [-0.4, -0.2) is 13.4 Å². The summed E-state index contributed by atoms with van der Waals surface area (Å²) in [5.41, 5.74) is 0.375. The molecule has 0 aliphatic heterocycles. The summed E-state index contributed by atoms with van der Waals surface area (Å²) in [5, 5.41) is 0. The lowest BCUT2D eigenvalue weighted by Gasteiger charge is -2.08. The van der Waals surface area contributed by atoms with Crippen molar-refractivity contribution in [2.45, 2.75) is 5.75 Å². The van der Waals surface area contributed by atoms with Crippen molar-refractivity contribution >= 4 is 31.8 Å². The summed E-state index contributed by atoms with van der Waals surface area (Å²) < 4.78 is 39.8. The van der Waals surface area contributed by atoms with E-state index in [2.05, 4.69) is 25.6 Å². The Bertz CT molecular complexity index is 692. The molecule has 0 aliphatic carbocycles. The minimum atomic E-state index is -3.64. The van der Waals surface area contributed by atoms with Gasteiger partial charge in [-0.1, -0.05) is 12.1 Å². The predicted molar refractivity (Wildman–Crippen MR) is 74.6 cm³/mol. The first kappa shape index (κ1) is 14.0. The molecular weight excluding hydrogens is 335 g/mol. The van der Waals surface area contributed by atoms with Crippen molar-refractivity contribution in [3.05, 3.63) is 58.4 Å². The molecule has 19 heavy (non-hydrogen) atoms. The number of nitrogens with zero attached hydrogens (tertiary/aromatic N) is 1. The fourth-order valence-electron chi connectivity index (χ4n) is 1.49. The Morgan fingerprint density at radius 2 is 2.05 bits per heavy atom. The summed E-state index contributed by atoms with van der Waals surface area (Å²) in [6.07, 6.45) is 1.48. The molecular formula is C12H10BrFN2O2S. The van der Waals surface area contributed by atoms with Gasteiger partial charge in [0, 0.05) is 6.20 Å². The van der Waals surface area contributed by atoms with Crippen molar-refractivity contribution in [2.24, 2.45) is 0 Å². The number of rotatable bonds is 4. The molecule has 0 atom stereocenters. The van der Waals surface area contributed by atoms with Gasteiger partial charge in [0.1, 0.15) is 5.82 Å². The molecule has 1 N–H and O–H groups in total. The quantitative estimate of drug-likeness (QED) is 0.927. The van der Waals surface area contributed by atoms with E-state index in [0.29, 0.717) is 10.0 Å². The smallest absolute Gasteiger partial charge is 0.238 e. The van der Waals surface area contributed by atoms with E-state index < -0.39 is 15.8 Å². The molecule has 4 nitrogen and oxygen atoms in total. The minimum Gasteiger partial charge on any atom is -0.266 e. The van der Waals surface area contributed by atoms with Crippen LogP contribution >= 0.6 is 15.9 Å². The van der Waals surface area contributed by atoms with Gasteiger partial charge < -0.3 is 0 Å². The van der Waals surface area contributed by atoms with E-state index in [9.17, 15) is 12.8 Å². The zero-order valence-corrected chi connectivity index (χ0v) is 12.1. The van der Waals surface area contributed by atoms with Crippen LogP contribution in [0.25, 0.3) is 0 Å². The maximum Gasteiger partial charge on any atom is 0.238 e. The normalized spacial score (nSPS) is 11.3. The Morgan fingerprint density at radius 3 is 2.74 bits per heavy atom. The molecule has 7 heteroatoms. The van der Waals surface area contributed by atoms with E-state index in [1.54, 1.807) is 18.2 Å². The second-order valence-corrected chi connectivity index (χ2v) is 6.40. The second-order valence-electron chi connectivity index (χ2n) is 3.82. The van der Waals surface area contributed by atoms with Crippen molar-refractivity contribution in [2.75, 3.05) is 4.72 Å². The van der Waals surface area contributed by atoms with Gasteiger partial charge in [0.2, 0.25) is 10.0 Å². The van der Waals surface area contributed by atoms with Crippen LogP contribution in [0.1, 0.15) is 5.56 Å². The zero-order chi connectivity index (χ0) is 13.9. The van der Waals surface area contributed by atoms with Crippen molar-refractivity contribution in [1.29, 1.82) is 0 Å². The first-order chi connectivity index (χ1) is 8.96. The van der Waals surface area contributed by atoms with Gasteiger partial charge in [0.05, 0.1) is 10.2 Å². The van der Waals surface area contributed by atoms with Gasteiger partial charge in [-0.15, -0.1) is 0 Å². The molecule has 0 amide bonds. The van der Waals surface area contributed by atoms with Crippen LogP contribution in [0.5, 0.6) is 0 Å². The van der Waals surface area contributed by atoms with Crippen molar-refractivity contribution in [3.8, 4) is 0 Å². The average Bonchev–Trinajstić information content (AvgIpc) is 2.31. The lowest BCUT2D eigenvalue weighted by molar-refractivity contribution is 0.599. The highest BCUT2D eigenvalue weighted by Crippen LogP contribution is 2.20. The highest BCUT2D eigenvalue weighted by molar-refractivity contribution is 9.10. The number of benzene rings is 1. The Balaban J connectivity index is 2.18. The standard InChI is InChI=1S/C12H10BrFN2O2S/c13-11-5-2-6-15-12(11)16-19(17,18)8-9-3-1-4-10(14)7-9/h1-7H,8H2,(H,15,16). The van der Waals surface area contributed by atoms with Crippen LogP contribution in [0.4, 0.5) is 10.2 Å². The van der Waals surface area contributed by atoms with E-state index in [1.165, 1.54) is 24.4 Å². The monoisotopic (exact) mass is 344 g/mol. The first-order valence-electron chi connectivity index (χ1n) is 5.32. The number of sulfonamides is 1. The number of pyridine rings is 1. The fourth-order valence-corrected chi connectivity index (χ4v) is 3.12. The third-order valence-electron chi connectivity index (χ3n) is 2.26. The molecule has 2 rings (SSSR count). The lowest BCUT2D eigenvalue weighted by atomic mass is 10.2. The largest absolute Gasteiger partial charge is 0.266 e. The van der Waals surface area contributed by atoms with Crippen molar-refractivity contribution < 1.29 is 12.8 Å². The Labute approximate surface area is 118 Å². The summed E-state index contributed by atoms with van der Waals surface area (Å²) in [6, 6.07) is 8.82. The van der Waals surface area contributed by atoms with Crippen LogP contribution < -0.4 is 4.72 Å². The summed E-state index contributed by atoms with van der Waals surface area (Å²) in [6.45, 7) is 0. The Morgan fingerprint density at radius 1 is 1.26 bits per heavy atom. The summed E-state index contributed by atoms with van der Waals surface area (Å²) in [7, 11) is -3.64. The zero-order valence-electron chi connectivity index (χ0n) is 9.68. The molecule has 1 aromatic heterocycles. The number of hydrogen-bond acceptors (Lipinski definition) is 3. The van der Waals surface area contributed by atoms with Gasteiger partial charge >= 0.3 is 0 Å². The van der Waals surface area contributed by atoms with E-state index in [-0.39, 0.29) is 11.6 Å². The third kappa shape index (κ3) is 4.00. The van der Waals surface area contributed by atoms with Gasteiger partial charge in [-0.05, 0) is 45.8 Å². The number of aromatic nitrogens is 1. The van der Waals surface area contributed by atoms with E-state index in [0.717, 1.165) is 0 Å². The van der Waals surface area contributed by atoms with Gasteiger partial charge in [-0.2, -0.15) is 0 Å². The average molecular weight is 345 g/mol. The first-order valence-corrected chi connectivity index (χ1v) is 7.76. The molecule has 1 heterocycles. The molecule has 0 unspecified atom stereocenters. The van der Waals surface area contributed by atoms with Crippen LogP contribution in [0.3, 0.4) is 0 Å². The summed E-state index contributed by atoms with van der Waals surface area (Å²) >= 11 is 3.20. The van der Waals surface area contributed by atoms with Crippen LogP contribution in [0, 0.1) is 5.82 Å². The molecule has 0 aliphatic rings. The summed E-state index contributed by atoms with van der Waals surface area (Å²) in [4.78, 5) is 3.91. The molecule has 0 saturated heterocycles. The van der Waals surface area contributed by atoms with Gasteiger partial charge in [-0.3, -0.25) is 4.72 Å². The molecule has 0 radical (unpaired) electrons. The van der Waals surface area contributed by atoms with E-state index >= 15 is 0 Å². The van der Waals surface area contributed by atoms with Crippen molar-refractivity contribution in [1.82, 2.24) is 4.98 Å². The SMILES string of the molecule is O=S(=O)(Cc1cccc(F)c1)Nc1ncccc1Br. The number of hydrogen-bond donors (Lipinski definition) is 1. The highest BCUT2D eigenvalue weighted by Gasteiger charge is 2.14. The molecule has 0 saturated carbocycles. The third-order valence-corrected chi connectivity index (χ3v) is 4.11.